The molecule has 1 spiro atoms. The molecule has 2 fully saturated rings. The first-order valence-corrected chi connectivity index (χ1v) is 14.0. The van der Waals surface area contributed by atoms with Gasteiger partial charge in [-0.2, -0.15) is 0 Å². The number of aryl methyl sites for hydroxylation is 1. The van der Waals surface area contributed by atoms with Crippen LogP contribution in [0.2, 0.25) is 0 Å². The molecule has 2 aliphatic carbocycles. The lowest BCUT2D eigenvalue weighted by atomic mass is 9.55. The highest BCUT2D eigenvalue weighted by Gasteiger charge is 2.49. The van der Waals surface area contributed by atoms with E-state index >= 15 is 4.39 Å². The smallest absolute Gasteiger partial charge is 0.406 e. The first kappa shape index (κ1) is 27.5. The molecule has 0 atom stereocenters. The van der Waals surface area contributed by atoms with Gasteiger partial charge in [0.1, 0.15) is 17.2 Å². The summed E-state index contributed by atoms with van der Waals surface area (Å²) in [6, 6.07) is 4.89. The second-order valence-corrected chi connectivity index (χ2v) is 12.0. The molecular weight excluding hydrogens is 540 g/mol. The molecular formula is C30H32F4N4O3. The number of pyridine rings is 1. The molecule has 6 rings (SSSR count). The van der Waals surface area contributed by atoms with Crippen LogP contribution in [0.5, 0.6) is 5.75 Å². The van der Waals surface area contributed by atoms with Crippen LogP contribution >= 0.6 is 0 Å². The number of aromatic amines is 1. The van der Waals surface area contributed by atoms with Crippen LogP contribution in [0.15, 0.2) is 30.5 Å². The van der Waals surface area contributed by atoms with E-state index in [9.17, 15) is 22.8 Å². The van der Waals surface area contributed by atoms with Crippen LogP contribution < -0.4 is 4.74 Å². The van der Waals surface area contributed by atoms with Crippen LogP contribution in [-0.4, -0.2) is 65.1 Å². The molecule has 1 aliphatic heterocycles. The zero-order valence-electron chi connectivity index (χ0n) is 23.0. The third kappa shape index (κ3) is 5.15. The first-order valence-electron chi connectivity index (χ1n) is 14.0. The van der Waals surface area contributed by atoms with Gasteiger partial charge in [-0.3, -0.25) is 9.59 Å². The van der Waals surface area contributed by atoms with Crippen LogP contribution in [-0.2, 0) is 17.6 Å². The van der Waals surface area contributed by atoms with E-state index < -0.39 is 6.36 Å². The van der Waals surface area contributed by atoms with Gasteiger partial charge in [-0.15, -0.1) is 13.2 Å². The van der Waals surface area contributed by atoms with Gasteiger partial charge in [-0.05, 0) is 86.1 Å². The van der Waals surface area contributed by atoms with Gasteiger partial charge in [0.15, 0.2) is 0 Å². The molecule has 0 radical (unpaired) electrons. The topological polar surface area (TPSA) is 78.5 Å². The quantitative estimate of drug-likeness (QED) is 0.414. The van der Waals surface area contributed by atoms with Gasteiger partial charge in [0.05, 0.1) is 6.20 Å². The maximum atomic E-state index is 15.5. The second-order valence-electron chi connectivity index (χ2n) is 12.0. The number of nitrogens with one attached hydrogen (secondary N) is 1. The van der Waals surface area contributed by atoms with Crippen LogP contribution in [0, 0.1) is 17.2 Å². The Morgan fingerprint density at radius 1 is 1.12 bits per heavy atom. The van der Waals surface area contributed by atoms with Gasteiger partial charge >= 0.3 is 6.36 Å². The van der Waals surface area contributed by atoms with Crippen LogP contribution in [0.25, 0.3) is 11.0 Å². The fourth-order valence-electron chi connectivity index (χ4n) is 7.16. The fourth-order valence-corrected chi connectivity index (χ4v) is 7.16. The largest absolute Gasteiger partial charge is 0.573 e. The molecule has 11 heteroatoms. The number of fused-ring (bicyclic) bond motifs is 3. The summed E-state index contributed by atoms with van der Waals surface area (Å²) in [6.45, 7) is 0.802. The highest BCUT2D eigenvalue weighted by molar-refractivity contribution is 5.94. The summed E-state index contributed by atoms with van der Waals surface area (Å²) in [5, 5.41) is 0.853. The van der Waals surface area contributed by atoms with Crippen LogP contribution in [0.4, 0.5) is 17.6 Å². The third-order valence-electron chi connectivity index (χ3n) is 9.14. The van der Waals surface area contributed by atoms with Crippen LogP contribution in [0.3, 0.4) is 0 Å². The summed E-state index contributed by atoms with van der Waals surface area (Å²) in [5.74, 6) is -0.909. The van der Waals surface area contributed by atoms with Gasteiger partial charge in [-0.1, -0.05) is 0 Å². The van der Waals surface area contributed by atoms with E-state index in [2.05, 4.69) is 14.7 Å². The Labute approximate surface area is 234 Å². The van der Waals surface area contributed by atoms with E-state index in [0.717, 1.165) is 60.9 Å². The SMILES string of the molecule is CN(C)C(=O)C1CC2(CCc3[nH]c4ncc(F)c(C5CCN(C(=O)c6ccc(OC(F)(F)F)cc6)CC5)c4c3C2)C1. The van der Waals surface area contributed by atoms with Crippen molar-refractivity contribution in [2.75, 3.05) is 27.2 Å². The molecule has 41 heavy (non-hydrogen) atoms. The number of benzene rings is 1. The molecule has 1 N–H and O–H groups in total. The molecule has 218 valence electrons. The minimum absolute atomic E-state index is 0.0429. The number of aromatic nitrogens is 2. The summed E-state index contributed by atoms with van der Waals surface area (Å²) in [4.78, 5) is 36.6. The number of halogens is 4. The fraction of sp³-hybridized carbons (Fsp3) is 0.500. The van der Waals surface area contributed by atoms with Gasteiger partial charge in [0.25, 0.3) is 5.91 Å². The van der Waals surface area contributed by atoms with Crippen molar-refractivity contribution >= 4 is 22.8 Å². The maximum Gasteiger partial charge on any atom is 0.573 e. The van der Waals surface area contributed by atoms with Crippen molar-refractivity contribution in [3.8, 4) is 5.75 Å². The van der Waals surface area contributed by atoms with Crippen molar-refractivity contribution in [3.63, 3.8) is 0 Å². The van der Waals surface area contributed by atoms with E-state index in [1.165, 1.54) is 18.3 Å². The lowest BCUT2D eigenvalue weighted by molar-refractivity contribution is -0.274. The number of likely N-dealkylation sites (tertiary alicyclic amines) is 1. The highest BCUT2D eigenvalue weighted by Crippen LogP contribution is 2.55. The monoisotopic (exact) mass is 572 g/mol. The molecule has 1 aromatic carbocycles. The summed E-state index contributed by atoms with van der Waals surface area (Å²) in [5.41, 5.74) is 3.86. The average Bonchev–Trinajstić information content (AvgIpc) is 3.28. The minimum atomic E-state index is -4.80. The van der Waals surface area contributed by atoms with E-state index in [1.54, 1.807) is 23.9 Å². The highest BCUT2D eigenvalue weighted by atomic mass is 19.4. The molecule has 0 bridgehead atoms. The van der Waals surface area contributed by atoms with Crippen LogP contribution in [0.1, 0.15) is 65.2 Å². The molecule has 3 aliphatic rings. The van der Waals surface area contributed by atoms with Gasteiger partial charge in [-0.25, -0.2) is 9.37 Å². The Morgan fingerprint density at radius 3 is 2.44 bits per heavy atom. The van der Waals surface area contributed by atoms with E-state index in [1.807, 2.05) is 0 Å². The number of hydrogen-bond acceptors (Lipinski definition) is 4. The summed E-state index contributed by atoms with van der Waals surface area (Å²) in [6.07, 6.45) is 1.90. The van der Waals surface area contributed by atoms with E-state index in [0.29, 0.717) is 37.1 Å². The predicted octanol–water partition coefficient (Wildman–Crippen LogP) is 5.59. The number of alkyl halides is 3. The van der Waals surface area contributed by atoms with Crippen molar-refractivity contribution in [2.24, 2.45) is 11.3 Å². The number of carbonyl (C=O) groups is 2. The number of hydrogen-bond donors (Lipinski definition) is 1. The van der Waals surface area contributed by atoms with Crippen molar-refractivity contribution in [3.05, 3.63) is 58.7 Å². The molecule has 7 nitrogen and oxygen atoms in total. The normalized spacial score (nSPS) is 22.9. The number of amides is 2. The molecule has 2 aromatic heterocycles. The minimum Gasteiger partial charge on any atom is -0.406 e. The predicted molar refractivity (Wildman–Crippen MR) is 143 cm³/mol. The Balaban J connectivity index is 1.18. The number of H-pyrrole nitrogens is 1. The number of ether oxygens (including phenoxy) is 1. The summed E-state index contributed by atoms with van der Waals surface area (Å²) < 4.78 is 56.7. The number of nitrogens with zero attached hydrogens (tertiary/aromatic N) is 3. The number of rotatable bonds is 4. The Kier molecular flexibility index (Phi) is 6.73. The molecule has 1 saturated heterocycles. The molecule has 1 saturated carbocycles. The van der Waals surface area contributed by atoms with E-state index in [-0.39, 0.29) is 46.2 Å². The zero-order valence-corrected chi connectivity index (χ0v) is 23.0. The molecule has 3 aromatic rings. The number of carbonyl (C=O) groups excluding carboxylic acids is 2. The summed E-state index contributed by atoms with van der Waals surface area (Å²) >= 11 is 0. The third-order valence-corrected chi connectivity index (χ3v) is 9.14. The number of piperidine rings is 1. The standard InChI is InChI=1S/C30H32F4N4O3/c1-37(2)27(39)19-13-29(14-19)10-7-23-21(15-29)25-24(22(31)16-35-26(25)36-23)17-8-11-38(12-9-17)28(40)18-3-5-20(6-4-18)41-30(32,33)34/h3-6,16-17,19H,7-15H2,1-2H3,(H,35,36). The second kappa shape index (κ2) is 10.0. The Morgan fingerprint density at radius 2 is 1.80 bits per heavy atom. The Bertz CT molecular complexity index is 1480. The molecule has 0 unspecified atom stereocenters. The summed E-state index contributed by atoms with van der Waals surface area (Å²) in [7, 11) is 3.57. The van der Waals surface area contributed by atoms with Crippen molar-refractivity contribution in [2.45, 2.75) is 57.2 Å². The van der Waals surface area contributed by atoms with Crippen molar-refractivity contribution in [1.29, 1.82) is 0 Å². The zero-order chi connectivity index (χ0) is 29.1. The first-order chi connectivity index (χ1) is 19.4. The molecule has 3 heterocycles. The van der Waals surface area contributed by atoms with E-state index in [4.69, 9.17) is 0 Å². The maximum absolute atomic E-state index is 15.5. The Hall–Kier alpha value is -3.63. The van der Waals surface area contributed by atoms with Gasteiger partial charge < -0.3 is 19.5 Å². The van der Waals surface area contributed by atoms with Gasteiger partial charge in [0, 0.05) is 55.3 Å². The molecule has 2 amide bonds. The lowest BCUT2D eigenvalue weighted by Crippen LogP contribution is -2.47. The van der Waals surface area contributed by atoms with Crippen molar-refractivity contribution < 1.29 is 31.9 Å². The van der Waals surface area contributed by atoms with Gasteiger partial charge in [0.2, 0.25) is 5.91 Å². The average molecular weight is 573 g/mol. The lowest BCUT2D eigenvalue weighted by Gasteiger charge is -2.50. The van der Waals surface area contributed by atoms with Crippen molar-refractivity contribution in [1.82, 2.24) is 19.8 Å².